The van der Waals surface area contributed by atoms with Crippen LogP contribution in [0.15, 0.2) is 18.5 Å². The monoisotopic (exact) mass is 358 g/mol. The number of carbonyl (C=O) groups is 1. The van der Waals surface area contributed by atoms with Crippen LogP contribution in [0.3, 0.4) is 0 Å². The van der Waals surface area contributed by atoms with Gasteiger partial charge in [0.25, 0.3) is 0 Å². The first-order chi connectivity index (χ1) is 12.4. The normalized spacial score (nSPS) is 15.3. The summed E-state index contributed by atoms with van der Waals surface area (Å²) in [4.78, 5) is 18.4. The van der Waals surface area contributed by atoms with E-state index in [2.05, 4.69) is 33.0 Å². The lowest BCUT2D eigenvalue weighted by molar-refractivity contribution is -0.136. The summed E-state index contributed by atoms with van der Waals surface area (Å²) >= 11 is 0. The molecule has 0 saturated carbocycles. The number of amides is 1. The molecular weight excluding hydrogens is 328 g/mol. The fraction of sp³-hybridized carbons (Fsp3) is 0.632. The summed E-state index contributed by atoms with van der Waals surface area (Å²) in [6, 6.07) is 2.52. The second-order valence-corrected chi connectivity index (χ2v) is 7.50. The van der Waals surface area contributed by atoms with Crippen molar-refractivity contribution >= 4 is 5.91 Å². The lowest BCUT2D eigenvalue weighted by atomic mass is 10.1. The summed E-state index contributed by atoms with van der Waals surface area (Å²) in [5, 5.41) is 8.24. The summed E-state index contributed by atoms with van der Waals surface area (Å²) in [6.45, 7) is 12.1. The Hall–Kier alpha value is -2.15. The Bertz CT molecular complexity index is 747. The minimum Gasteiger partial charge on any atom is -0.335 e. The molecule has 0 saturated heterocycles. The zero-order valence-electron chi connectivity index (χ0n) is 16.3. The van der Waals surface area contributed by atoms with Crippen molar-refractivity contribution in [1.82, 2.24) is 29.5 Å². The molecule has 3 rings (SSSR count). The van der Waals surface area contributed by atoms with Crippen LogP contribution in [-0.2, 0) is 31.0 Å². The highest BCUT2D eigenvalue weighted by atomic mass is 16.2. The molecule has 0 fully saturated rings. The van der Waals surface area contributed by atoms with Gasteiger partial charge in [0, 0.05) is 44.0 Å². The van der Waals surface area contributed by atoms with Crippen LogP contribution in [0, 0.1) is 12.8 Å². The van der Waals surface area contributed by atoms with Crippen molar-refractivity contribution in [3.8, 4) is 0 Å². The molecular formula is C19H30N6O. The number of hydrogen-bond acceptors (Lipinski definition) is 4. The second-order valence-electron chi connectivity index (χ2n) is 7.50. The number of imidazole rings is 1. The number of rotatable bonds is 7. The zero-order valence-corrected chi connectivity index (χ0v) is 16.3. The Morgan fingerprint density at radius 1 is 1.31 bits per heavy atom. The van der Waals surface area contributed by atoms with Crippen LogP contribution in [-0.4, -0.2) is 42.7 Å². The number of aryl methyl sites for hydroxylation is 2. The fourth-order valence-electron chi connectivity index (χ4n) is 3.32. The summed E-state index contributed by atoms with van der Waals surface area (Å²) in [5.41, 5.74) is 2.17. The zero-order chi connectivity index (χ0) is 18.7. The maximum Gasteiger partial charge on any atom is 0.225 e. The molecule has 1 aliphatic rings. The van der Waals surface area contributed by atoms with E-state index < -0.39 is 0 Å². The van der Waals surface area contributed by atoms with Gasteiger partial charge >= 0.3 is 0 Å². The van der Waals surface area contributed by atoms with Crippen LogP contribution < -0.4 is 5.32 Å². The lowest BCUT2D eigenvalue weighted by Gasteiger charge is -2.29. The lowest BCUT2D eigenvalue weighted by Crippen LogP contribution is -2.40. The van der Waals surface area contributed by atoms with Crippen LogP contribution in [0.2, 0.25) is 0 Å². The van der Waals surface area contributed by atoms with Crippen molar-refractivity contribution in [2.75, 3.05) is 6.54 Å². The molecule has 2 aromatic heterocycles. The molecule has 1 atom stereocenters. The third-order valence-corrected chi connectivity index (χ3v) is 5.01. The van der Waals surface area contributed by atoms with Gasteiger partial charge in [-0.2, -0.15) is 5.10 Å². The third-order valence-electron chi connectivity index (χ3n) is 5.01. The number of nitrogens with zero attached hydrogens (tertiary/aromatic N) is 5. The molecule has 1 amide bonds. The van der Waals surface area contributed by atoms with E-state index in [1.54, 1.807) is 0 Å². The number of nitrogens with one attached hydrogen (secondary N) is 1. The Kier molecular flexibility index (Phi) is 5.76. The van der Waals surface area contributed by atoms with Crippen LogP contribution in [0.5, 0.6) is 0 Å². The van der Waals surface area contributed by atoms with Gasteiger partial charge in [-0.25, -0.2) is 4.98 Å². The van der Waals surface area contributed by atoms with E-state index in [0.717, 1.165) is 49.8 Å². The molecule has 0 radical (unpaired) electrons. The summed E-state index contributed by atoms with van der Waals surface area (Å²) in [6.07, 6.45) is 4.91. The first-order valence-electron chi connectivity index (χ1n) is 9.49. The van der Waals surface area contributed by atoms with E-state index in [-0.39, 0.29) is 11.8 Å². The van der Waals surface area contributed by atoms with E-state index in [1.807, 2.05) is 42.7 Å². The molecule has 1 aliphatic heterocycles. The quantitative estimate of drug-likeness (QED) is 0.821. The van der Waals surface area contributed by atoms with Gasteiger partial charge in [0.1, 0.15) is 5.82 Å². The van der Waals surface area contributed by atoms with Crippen molar-refractivity contribution < 1.29 is 4.79 Å². The second kappa shape index (κ2) is 8.03. The molecule has 0 aliphatic carbocycles. The molecule has 0 aromatic carbocycles. The Morgan fingerprint density at radius 3 is 2.81 bits per heavy atom. The smallest absolute Gasteiger partial charge is 0.225 e. The number of carbonyl (C=O) groups excluding carboxylic acids is 1. The van der Waals surface area contributed by atoms with E-state index in [9.17, 15) is 4.79 Å². The number of fused-ring (bicyclic) bond motifs is 1. The highest BCUT2D eigenvalue weighted by Gasteiger charge is 2.23. The molecule has 142 valence electrons. The van der Waals surface area contributed by atoms with E-state index in [0.29, 0.717) is 12.6 Å². The van der Waals surface area contributed by atoms with Crippen LogP contribution in [0.4, 0.5) is 0 Å². The average Bonchev–Trinajstić information content (AvgIpc) is 3.22. The highest BCUT2D eigenvalue weighted by molar-refractivity contribution is 5.78. The predicted octanol–water partition coefficient (Wildman–Crippen LogP) is 1.95. The molecule has 1 N–H and O–H groups in total. The third kappa shape index (κ3) is 4.33. The maximum absolute atomic E-state index is 12.2. The van der Waals surface area contributed by atoms with Crippen molar-refractivity contribution in [2.45, 2.75) is 66.3 Å². The molecule has 0 spiro atoms. The summed E-state index contributed by atoms with van der Waals surface area (Å²) in [5.74, 6) is 1.32. The molecule has 7 heteroatoms. The van der Waals surface area contributed by atoms with Crippen LogP contribution in [0.25, 0.3) is 0 Å². The number of aromatic nitrogens is 4. The first-order valence-corrected chi connectivity index (χ1v) is 9.49. The summed E-state index contributed by atoms with van der Waals surface area (Å²) in [7, 11) is 0. The standard InChI is InChI=1S/C19H30N6O/c1-14(2)19(26)24-9-10-25-18(13-24)11-17(22-25)12-21-15(3)5-7-23-8-6-20-16(23)4/h6,8,11,14-15,21H,5,7,9-10,12-13H2,1-4H3. The Morgan fingerprint density at radius 2 is 2.12 bits per heavy atom. The van der Waals surface area contributed by atoms with E-state index in [4.69, 9.17) is 0 Å². The largest absolute Gasteiger partial charge is 0.335 e. The minimum atomic E-state index is 0.0468. The van der Waals surface area contributed by atoms with E-state index >= 15 is 0 Å². The van der Waals surface area contributed by atoms with Crippen molar-refractivity contribution in [2.24, 2.45) is 5.92 Å². The van der Waals surface area contributed by atoms with E-state index in [1.165, 1.54) is 0 Å². The van der Waals surface area contributed by atoms with Gasteiger partial charge in [-0.05, 0) is 26.3 Å². The predicted molar refractivity (Wildman–Crippen MR) is 100 cm³/mol. The Labute approximate surface area is 155 Å². The van der Waals surface area contributed by atoms with Gasteiger partial charge in [0.05, 0.1) is 24.5 Å². The van der Waals surface area contributed by atoms with Gasteiger partial charge in [0.2, 0.25) is 5.91 Å². The van der Waals surface area contributed by atoms with Gasteiger partial charge in [-0.1, -0.05) is 13.8 Å². The molecule has 26 heavy (non-hydrogen) atoms. The van der Waals surface area contributed by atoms with Gasteiger partial charge in [-0.15, -0.1) is 0 Å². The fourth-order valence-corrected chi connectivity index (χ4v) is 3.32. The van der Waals surface area contributed by atoms with Gasteiger partial charge < -0.3 is 14.8 Å². The molecule has 3 heterocycles. The topological polar surface area (TPSA) is 68.0 Å². The number of hydrogen-bond donors (Lipinski definition) is 1. The average molecular weight is 358 g/mol. The molecule has 0 bridgehead atoms. The molecule has 1 unspecified atom stereocenters. The first kappa shape index (κ1) is 18.6. The van der Waals surface area contributed by atoms with Crippen LogP contribution >= 0.6 is 0 Å². The minimum absolute atomic E-state index is 0.0468. The van der Waals surface area contributed by atoms with Gasteiger partial charge in [0.15, 0.2) is 0 Å². The van der Waals surface area contributed by atoms with Crippen molar-refractivity contribution in [1.29, 1.82) is 0 Å². The Balaban J connectivity index is 1.49. The van der Waals surface area contributed by atoms with Gasteiger partial charge in [-0.3, -0.25) is 9.48 Å². The summed E-state index contributed by atoms with van der Waals surface area (Å²) < 4.78 is 4.22. The highest BCUT2D eigenvalue weighted by Crippen LogP contribution is 2.16. The maximum atomic E-state index is 12.2. The molecule has 2 aromatic rings. The van der Waals surface area contributed by atoms with Crippen molar-refractivity contribution in [3.63, 3.8) is 0 Å². The molecule has 7 nitrogen and oxygen atoms in total. The SMILES string of the molecule is Cc1nccn1CCC(C)NCc1cc2n(n1)CCN(C(=O)C(C)C)C2. The van der Waals surface area contributed by atoms with Crippen molar-refractivity contribution in [3.05, 3.63) is 35.7 Å². The van der Waals surface area contributed by atoms with Crippen LogP contribution in [0.1, 0.15) is 44.4 Å².